The highest BCUT2D eigenvalue weighted by molar-refractivity contribution is 5.31. The third kappa shape index (κ3) is 3.96. The smallest absolute Gasteiger partial charge is 0.119 e. The lowest BCUT2D eigenvalue weighted by molar-refractivity contribution is 0.186. The van der Waals surface area contributed by atoms with E-state index in [1.807, 2.05) is 36.4 Å². The lowest BCUT2D eigenvalue weighted by atomic mass is 10.0. The van der Waals surface area contributed by atoms with Gasteiger partial charge < -0.3 is 19.5 Å². The molecule has 4 rings (SSSR count). The maximum atomic E-state index is 9.37. The van der Waals surface area contributed by atoms with Crippen molar-refractivity contribution in [3.05, 3.63) is 54.1 Å². The van der Waals surface area contributed by atoms with E-state index < -0.39 is 0 Å². The van der Waals surface area contributed by atoms with Gasteiger partial charge in [-0.15, -0.1) is 0 Å². The Labute approximate surface area is 155 Å². The molecule has 2 aromatic carbocycles. The maximum Gasteiger partial charge on any atom is 0.119 e. The fourth-order valence-electron chi connectivity index (χ4n) is 4.42. The van der Waals surface area contributed by atoms with E-state index in [0.717, 1.165) is 49.1 Å². The first kappa shape index (κ1) is 17.2. The van der Waals surface area contributed by atoms with Crippen LogP contribution in [0.2, 0.25) is 0 Å². The van der Waals surface area contributed by atoms with Gasteiger partial charge in [-0.05, 0) is 73.1 Å². The van der Waals surface area contributed by atoms with Crippen LogP contribution in [-0.4, -0.2) is 42.9 Å². The average molecular weight is 353 g/mol. The number of rotatable bonds is 6. The number of benzene rings is 2. The SMILES string of the molecule is COc1ccc(O[C@H]2C[C@@H]3CN(CCc4ccc(O)cc4)C[C@@H]3C2)cc1. The molecular weight excluding hydrogens is 326 g/mol. The molecule has 1 N–H and O–H groups in total. The third-order valence-corrected chi connectivity index (χ3v) is 5.80. The summed E-state index contributed by atoms with van der Waals surface area (Å²) in [7, 11) is 1.68. The van der Waals surface area contributed by atoms with Gasteiger partial charge in [0.15, 0.2) is 0 Å². The minimum atomic E-state index is 0.340. The molecule has 1 heterocycles. The van der Waals surface area contributed by atoms with Crippen LogP contribution in [-0.2, 0) is 6.42 Å². The summed E-state index contributed by atoms with van der Waals surface area (Å²) in [6.45, 7) is 3.47. The van der Waals surface area contributed by atoms with Crippen LogP contribution in [0.3, 0.4) is 0 Å². The standard InChI is InChI=1S/C22H27NO3/c1-25-20-6-8-21(9-7-20)26-22-12-17-14-23(15-18(17)13-22)11-10-16-2-4-19(24)5-3-16/h2-9,17-18,22,24H,10-15H2,1H3/t17-,18+,22+. The second-order valence-electron chi connectivity index (χ2n) is 7.58. The van der Waals surface area contributed by atoms with Gasteiger partial charge >= 0.3 is 0 Å². The normalized spacial score (nSPS) is 25.2. The number of fused-ring (bicyclic) bond motifs is 1. The molecule has 0 unspecified atom stereocenters. The van der Waals surface area contributed by atoms with Gasteiger partial charge in [0, 0.05) is 19.6 Å². The van der Waals surface area contributed by atoms with Gasteiger partial charge in [0.25, 0.3) is 0 Å². The number of likely N-dealkylation sites (tertiary alicyclic amines) is 1. The average Bonchev–Trinajstić information content (AvgIpc) is 3.20. The molecule has 1 aliphatic heterocycles. The summed E-state index contributed by atoms with van der Waals surface area (Å²) in [6, 6.07) is 15.5. The van der Waals surface area contributed by atoms with Gasteiger partial charge in [-0.3, -0.25) is 0 Å². The molecule has 4 nitrogen and oxygen atoms in total. The third-order valence-electron chi connectivity index (χ3n) is 5.80. The number of ether oxygens (including phenoxy) is 2. The molecule has 4 heteroatoms. The number of methoxy groups -OCH3 is 1. The molecule has 2 fully saturated rings. The Balaban J connectivity index is 1.24. The van der Waals surface area contributed by atoms with Gasteiger partial charge in [-0.1, -0.05) is 12.1 Å². The molecule has 1 aliphatic carbocycles. The lowest BCUT2D eigenvalue weighted by Gasteiger charge is -2.20. The van der Waals surface area contributed by atoms with Gasteiger partial charge in [-0.2, -0.15) is 0 Å². The van der Waals surface area contributed by atoms with Crippen LogP contribution in [0.4, 0.5) is 0 Å². The van der Waals surface area contributed by atoms with Crippen LogP contribution in [0.25, 0.3) is 0 Å². The predicted octanol–water partition coefficient (Wildman–Crippen LogP) is 3.73. The molecule has 2 aliphatic rings. The summed E-state index contributed by atoms with van der Waals surface area (Å²) in [5.74, 6) is 3.67. The minimum Gasteiger partial charge on any atom is -0.508 e. The van der Waals surface area contributed by atoms with Crippen molar-refractivity contribution >= 4 is 0 Å². The fourth-order valence-corrected chi connectivity index (χ4v) is 4.42. The highest BCUT2D eigenvalue weighted by Gasteiger charge is 2.41. The van der Waals surface area contributed by atoms with Gasteiger partial charge in [-0.25, -0.2) is 0 Å². The Morgan fingerprint density at radius 3 is 2.15 bits per heavy atom. The van der Waals surface area contributed by atoms with E-state index in [1.54, 1.807) is 19.2 Å². The van der Waals surface area contributed by atoms with E-state index in [-0.39, 0.29) is 0 Å². The molecule has 26 heavy (non-hydrogen) atoms. The second kappa shape index (κ2) is 7.58. The van der Waals surface area contributed by atoms with Crippen molar-refractivity contribution in [2.24, 2.45) is 11.8 Å². The topological polar surface area (TPSA) is 41.9 Å². The molecule has 0 radical (unpaired) electrons. The first-order valence-corrected chi connectivity index (χ1v) is 9.50. The van der Waals surface area contributed by atoms with E-state index >= 15 is 0 Å². The van der Waals surface area contributed by atoms with Crippen LogP contribution >= 0.6 is 0 Å². The molecule has 138 valence electrons. The Morgan fingerprint density at radius 1 is 0.923 bits per heavy atom. The maximum absolute atomic E-state index is 9.37. The largest absolute Gasteiger partial charge is 0.508 e. The fraction of sp³-hybridized carbons (Fsp3) is 0.455. The van der Waals surface area contributed by atoms with Crippen LogP contribution in [0.5, 0.6) is 17.2 Å². The molecule has 0 spiro atoms. The number of hydrogen-bond acceptors (Lipinski definition) is 4. The first-order valence-electron chi connectivity index (χ1n) is 9.50. The Bertz CT molecular complexity index is 699. The second-order valence-corrected chi connectivity index (χ2v) is 7.58. The van der Waals surface area contributed by atoms with E-state index in [2.05, 4.69) is 4.90 Å². The lowest BCUT2D eigenvalue weighted by Crippen LogP contribution is -2.26. The Hall–Kier alpha value is -2.20. The van der Waals surface area contributed by atoms with Crippen molar-refractivity contribution in [1.29, 1.82) is 0 Å². The number of phenols is 1. The van der Waals surface area contributed by atoms with Crippen molar-refractivity contribution < 1.29 is 14.6 Å². The van der Waals surface area contributed by atoms with Crippen LogP contribution < -0.4 is 9.47 Å². The summed E-state index contributed by atoms with van der Waals surface area (Å²) in [5.41, 5.74) is 1.29. The van der Waals surface area contributed by atoms with Gasteiger partial charge in [0.1, 0.15) is 17.2 Å². The van der Waals surface area contributed by atoms with Crippen molar-refractivity contribution in [2.45, 2.75) is 25.4 Å². The molecule has 0 aromatic heterocycles. The highest BCUT2D eigenvalue weighted by Crippen LogP contribution is 2.39. The van der Waals surface area contributed by atoms with Crippen molar-refractivity contribution in [3.8, 4) is 17.2 Å². The van der Waals surface area contributed by atoms with Crippen LogP contribution in [0.15, 0.2) is 48.5 Å². The molecule has 3 atom stereocenters. The monoisotopic (exact) mass is 353 g/mol. The van der Waals surface area contributed by atoms with Gasteiger partial charge in [0.05, 0.1) is 13.2 Å². The summed E-state index contributed by atoms with van der Waals surface area (Å²) >= 11 is 0. The van der Waals surface area contributed by atoms with Crippen molar-refractivity contribution in [1.82, 2.24) is 4.90 Å². The Morgan fingerprint density at radius 2 is 1.54 bits per heavy atom. The molecule has 0 bridgehead atoms. The van der Waals surface area contributed by atoms with E-state index in [0.29, 0.717) is 11.9 Å². The van der Waals surface area contributed by atoms with Gasteiger partial charge in [0.2, 0.25) is 0 Å². The quantitative estimate of drug-likeness (QED) is 0.859. The zero-order valence-electron chi connectivity index (χ0n) is 15.3. The predicted molar refractivity (Wildman–Crippen MR) is 102 cm³/mol. The van der Waals surface area contributed by atoms with Crippen LogP contribution in [0, 0.1) is 11.8 Å². The van der Waals surface area contributed by atoms with Crippen molar-refractivity contribution in [3.63, 3.8) is 0 Å². The summed E-state index contributed by atoms with van der Waals surface area (Å²) in [6.07, 6.45) is 3.71. The zero-order valence-corrected chi connectivity index (χ0v) is 15.3. The zero-order chi connectivity index (χ0) is 17.9. The summed E-state index contributed by atoms with van der Waals surface area (Å²) in [5, 5.41) is 9.37. The van der Waals surface area contributed by atoms with E-state index in [9.17, 15) is 5.11 Å². The molecular formula is C22H27NO3. The number of phenolic OH excluding ortho intramolecular Hbond substituents is 1. The minimum absolute atomic E-state index is 0.340. The Kier molecular flexibility index (Phi) is 5.02. The van der Waals surface area contributed by atoms with E-state index in [4.69, 9.17) is 9.47 Å². The van der Waals surface area contributed by atoms with Crippen molar-refractivity contribution in [2.75, 3.05) is 26.7 Å². The van der Waals surface area contributed by atoms with E-state index in [1.165, 1.54) is 18.7 Å². The molecule has 2 aromatic rings. The molecule has 0 amide bonds. The number of hydrogen-bond donors (Lipinski definition) is 1. The summed E-state index contributed by atoms with van der Waals surface area (Å²) < 4.78 is 11.4. The highest BCUT2D eigenvalue weighted by atomic mass is 16.5. The first-order chi connectivity index (χ1) is 12.7. The summed E-state index contributed by atoms with van der Waals surface area (Å²) in [4.78, 5) is 2.59. The van der Waals surface area contributed by atoms with Crippen LogP contribution in [0.1, 0.15) is 18.4 Å². The molecule has 1 saturated carbocycles. The number of aromatic hydroxyl groups is 1. The number of nitrogens with zero attached hydrogens (tertiary/aromatic N) is 1. The molecule has 1 saturated heterocycles.